The van der Waals surface area contributed by atoms with Crippen molar-refractivity contribution in [1.29, 1.82) is 0 Å². The number of carbonyl (C=O) groups is 1. The van der Waals surface area contributed by atoms with Crippen LogP contribution >= 0.6 is 0 Å². The van der Waals surface area contributed by atoms with Crippen LogP contribution in [0.5, 0.6) is 5.75 Å². The molecule has 0 saturated heterocycles. The van der Waals surface area contributed by atoms with Gasteiger partial charge in [-0.15, -0.1) is 0 Å². The molecule has 1 amide bonds. The van der Waals surface area contributed by atoms with Crippen LogP contribution in [0.1, 0.15) is 28.0 Å². The molecule has 0 fully saturated rings. The van der Waals surface area contributed by atoms with Gasteiger partial charge in [0.25, 0.3) is 11.5 Å². The van der Waals surface area contributed by atoms with Crippen LogP contribution in [0.3, 0.4) is 0 Å². The molecule has 0 atom stereocenters. The second kappa shape index (κ2) is 6.89. The fourth-order valence-corrected chi connectivity index (χ4v) is 2.16. The summed E-state index contributed by atoms with van der Waals surface area (Å²) in [7, 11) is 0. The van der Waals surface area contributed by atoms with Gasteiger partial charge in [-0.3, -0.25) is 9.59 Å². The summed E-state index contributed by atoms with van der Waals surface area (Å²) < 4.78 is 6.90. The molecule has 22 heavy (non-hydrogen) atoms. The maximum atomic E-state index is 11.7. The molecule has 0 bridgehead atoms. The molecule has 116 valence electrons. The Balaban J connectivity index is 1.92. The molecular weight excluding hydrogens is 282 g/mol. The molecule has 6 heteroatoms. The summed E-state index contributed by atoms with van der Waals surface area (Å²) >= 11 is 0. The fourth-order valence-electron chi connectivity index (χ4n) is 2.16. The summed E-state index contributed by atoms with van der Waals surface area (Å²) in [4.78, 5) is 22.7. The third-order valence-corrected chi connectivity index (χ3v) is 3.10. The number of amides is 1. The van der Waals surface area contributed by atoms with Gasteiger partial charge in [0.2, 0.25) is 0 Å². The van der Waals surface area contributed by atoms with Gasteiger partial charge < -0.3 is 10.5 Å². The van der Waals surface area contributed by atoms with Crippen LogP contribution in [-0.2, 0) is 6.54 Å². The first-order valence-electron chi connectivity index (χ1n) is 7.05. The van der Waals surface area contributed by atoms with Crippen molar-refractivity contribution in [3.8, 4) is 5.75 Å². The number of hydrogen-bond donors (Lipinski definition) is 1. The summed E-state index contributed by atoms with van der Waals surface area (Å²) in [6.45, 7) is 4.85. The van der Waals surface area contributed by atoms with Crippen LogP contribution in [0.2, 0.25) is 0 Å². The summed E-state index contributed by atoms with van der Waals surface area (Å²) in [6, 6.07) is 8.62. The number of hydrogen-bond acceptors (Lipinski definition) is 4. The highest BCUT2D eigenvalue weighted by molar-refractivity contribution is 5.90. The van der Waals surface area contributed by atoms with Crippen LogP contribution in [0, 0.1) is 13.8 Å². The van der Waals surface area contributed by atoms with E-state index in [9.17, 15) is 9.59 Å². The highest BCUT2D eigenvalue weighted by atomic mass is 16.5. The number of rotatable bonds is 6. The van der Waals surface area contributed by atoms with Crippen molar-refractivity contribution in [2.45, 2.75) is 26.8 Å². The SMILES string of the molecule is Cc1cc(C)cc(OCCCn2nc(C(N)=O)ccc2=O)c1. The molecule has 1 heterocycles. The lowest BCUT2D eigenvalue weighted by atomic mass is 10.1. The second-order valence-electron chi connectivity index (χ2n) is 5.17. The van der Waals surface area contributed by atoms with Crippen LogP contribution in [-0.4, -0.2) is 22.3 Å². The first-order valence-corrected chi connectivity index (χ1v) is 7.05. The van der Waals surface area contributed by atoms with Gasteiger partial charge in [-0.2, -0.15) is 5.10 Å². The van der Waals surface area contributed by atoms with Crippen molar-refractivity contribution in [2.75, 3.05) is 6.61 Å². The number of benzene rings is 1. The van der Waals surface area contributed by atoms with E-state index in [1.807, 2.05) is 26.0 Å². The Bertz CT molecular complexity index is 717. The summed E-state index contributed by atoms with van der Waals surface area (Å²) in [5.74, 6) is 0.156. The lowest BCUT2D eigenvalue weighted by molar-refractivity contribution is 0.0993. The van der Waals surface area contributed by atoms with Gasteiger partial charge in [0.15, 0.2) is 0 Å². The largest absolute Gasteiger partial charge is 0.494 e. The Morgan fingerprint density at radius 3 is 2.55 bits per heavy atom. The molecule has 0 aliphatic heterocycles. The normalized spacial score (nSPS) is 10.5. The van der Waals surface area contributed by atoms with Crippen LogP contribution in [0.15, 0.2) is 35.1 Å². The number of primary amides is 1. The maximum absolute atomic E-state index is 11.7. The van der Waals surface area contributed by atoms with Crippen LogP contribution in [0.25, 0.3) is 0 Å². The summed E-state index contributed by atoms with van der Waals surface area (Å²) in [5, 5.41) is 3.92. The standard InChI is InChI=1S/C16H19N3O3/c1-11-8-12(2)10-13(9-11)22-7-3-6-19-15(20)5-4-14(18-19)16(17)21/h4-5,8-10H,3,6-7H2,1-2H3,(H2,17,21). The molecule has 6 nitrogen and oxygen atoms in total. The average molecular weight is 301 g/mol. The van der Waals surface area contributed by atoms with Gasteiger partial charge in [0.1, 0.15) is 11.4 Å². The molecular formula is C16H19N3O3. The van der Waals surface area contributed by atoms with E-state index in [0.29, 0.717) is 19.6 Å². The zero-order valence-electron chi connectivity index (χ0n) is 12.7. The number of aromatic nitrogens is 2. The smallest absolute Gasteiger partial charge is 0.269 e. The third kappa shape index (κ3) is 4.18. The molecule has 1 aromatic heterocycles. The van der Waals surface area contributed by atoms with Crippen molar-refractivity contribution >= 4 is 5.91 Å². The minimum Gasteiger partial charge on any atom is -0.494 e. The number of nitrogens with zero attached hydrogens (tertiary/aromatic N) is 2. The van der Waals surface area contributed by atoms with Gasteiger partial charge in [0, 0.05) is 19.0 Å². The number of ether oxygens (including phenoxy) is 1. The Kier molecular flexibility index (Phi) is 4.93. The molecule has 0 aliphatic carbocycles. The van der Waals surface area contributed by atoms with Crippen molar-refractivity contribution in [1.82, 2.24) is 9.78 Å². The topological polar surface area (TPSA) is 87.2 Å². The third-order valence-electron chi connectivity index (χ3n) is 3.10. The number of carbonyl (C=O) groups excluding carboxylic acids is 1. The predicted octanol–water partition coefficient (Wildman–Crippen LogP) is 1.43. The van der Waals surface area contributed by atoms with Crippen molar-refractivity contribution in [2.24, 2.45) is 5.73 Å². The van der Waals surface area contributed by atoms with E-state index in [4.69, 9.17) is 10.5 Å². The lowest BCUT2D eigenvalue weighted by Gasteiger charge is -2.09. The van der Waals surface area contributed by atoms with Crippen LogP contribution < -0.4 is 16.0 Å². The van der Waals surface area contributed by atoms with Crippen LogP contribution in [0.4, 0.5) is 0 Å². The number of nitrogens with two attached hydrogens (primary N) is 1. The van der Waals surface area contributed by atoms with Crippen molar-refractivity contribution in [3.05, 3.63) is 57.5 Å². The van der Waals surface area contributed by atoms with E-state index in [1.54, 1.807) is 0 Å². The molecule has 0 saturated carbocycles. The Morgan fingerprint density at radius 2 is 1.91 bits per heavy atom. The van der Waals surface area contributed by atoms with Crippen molar-refractivity contribution in [3.63, 3.8) is 0 Å². The molecule has 2 N–H and O–H groups in total. The highest BCUT2D eigenvalue weighted by Gasteiger charge is 2.05. The maximum Gasteiger partial charge on any atom is 0.269 e. The van der Waals surface area contributed by atoms with E-state index < -0.39 is 5.91 Å². The molecule has 0 spiro atoms. The van der Waals surface area contributed by atoms with Gasteiger partial charge in [-0.25, -0.2) is 4.68 Å². The van der Waals surface area contributed by atoms with Gasteiger partial charge in [-0.1, -0.05) is 6.07 Å². The Hall–Kier alpha value is -2.63. The van der Waals surface area contributed by atoms with E-state index in [1.165, 1.54) is 16.8 Å². The van der Waals surface area contributed by atoms with Gasteiger partial charge in [-0.05, 0) is 43.2 Å². The van der Waals surface area contributed by atoms with Gasteiger partial charge in [0.05, 0.1) is 6.61 Å². The zero-order chi connectivity index (χ0) is 16.1. The van der Waals surface area contributed by atoms with E-state index >= 15 is 0 Å². The van der Waals surface area contributed by atoms with E-state index in [2.05, 4.69) is 11.2 Å². The average Bonchev–Trinajstić information content (AvgIpc) is 2.44. The first kappa shape index (κ1) is 15.8. The minimum atomic E-state index is -0.653. The Morgan fingerprint density at radius 1 is 1.23 bits per heavy atom. The fraction of sp³-hybridized carbons (Fsp3) is 0.312. The summed E-state index contributed by atoms with van der Waals surface area (Å²) in [6.07, 6.45) is 0.599. The highest BCUT2D eigenvalue weighted by Crippen LogP contribution is 2.16. The van der Waals surface area contributed by atoms with E-state index in [-0.39, 0.29) is 11.3 Å². The predicted molar refractivity (Wildman–Crippen MR) is 83.0 cm³/mol. The zero-order valence-corrected chi connectivity index (χ0v) is 12.7. The van der Waals surface area contributed by atoms with Gasteiger partial charge >= 0.3 is 0 Å². The quantitative estimate of drug-likeness (QED) is 0.818. The minimum absolute atomic E-state index is 0.0785. The summed E-state index contributed by atoms with van der Waals surface area (Å²) in [5.41, 5.74) is 7.24. The molecule has 2 aromatic rings. The second-order valence-corrected chi connectivity index (χ2v) is 5.17. The lowest BCUT2D eigenvalue weighted by Crippen LogP contribution is -2.27. The first-order chi connectivity index (χ1) is 10.5. The van der Waals surface area contributed by atoms with E-state index in [0.717, 1.165) is 16.9 Å². The molecule has 2 rings (SSSR count). The Labute approximate surface area is 128 Å². The number of aryl methyl sites for hydroxylation is 3. The molecule has 0 radical (unpaired) electrons. The molecule has 0 aliphatic rings. The molecule has 0 unspecified atom stereocenters. The van der Waals surface area contributed by atoms with Crippen molar-refractivity contribution < 1.29 is 9.53 Å². The molecule has 1 aromatic carbocycles. The monoisotopic (exact) mass is 301 g/mol.